The van der Waals surface area contributed by atoms with Gasteiger partial charge in [0.05, 0.1) is 11.4 Å². The van der Waals surface area contributed by atoms with Crippen molar-refractivity contribution in [3.63, 3.8) is 0 Å². The second-order valence-corrected chi connectivity index (χ2v) is 12.8. The number of aromatic nitrogens is 5. The molecular weight excluding hydrogens is 619 g/mol. The van der Waals surface area contributed by atoms with Gasteiger partial charge < -0.3 is 0 Å². The maximum absolute atomic E-state index is 5.14. The van der Waals surface area contributed by atoms with Gasteiger partial charge in [-0.25, -0.2) is 24.9 Å². The Labute approximate surface area is 287 Å². The van der Waals surface area contributed by atoms with E-state index < -0.39 is 0 Å². The lowest BCUT2D eigenvalue weighted by Crippen LogP contribution is -2.00. The summed E-state index contributed by atoms with van der Waals surface area (Å²) in [4.78, 5) is 25.1. The number of hydrogen-bond donors (Lipinski definition) is 0. The van der Waals surface area contributed by atoms with Crippen LogP contribution in [0.1, 0.15) is 0 Å². The fourth-order valence-electron chi connectivity index (χ4n) is 6.17. The van der Waals surface area contributed by atoms with Gasteiger partial charge in [-0.15, -0.1) is 11.3 Å². The van der Waals surface area contributed by atoms with Crippen molar-refractivity contribution in [2.24, 2.45) is 0 Å². The lowest BCUT2D eigenvalue weighted by molar-refractivity contribution is 1.07. The highest BCUT2D eigenvalue weighted by Gasteiger charge is 2.18. The highest BCUT2D eigenvalue weighted by atomic mass is 32.1. The van der Waals surface area contributed by atoms with E-state index in [1.54, 1.807) is 11.3 Å². The highest BCUT2D eigenvalue weighted by Crippen LogP contribution is 2.41. The zero-order chi connectivity index (χ0) is 32.6. The zero-order valence-electron chi connectivity index (χ0n) is 26.2. The van der Waals surface area contributed by atoms with Crippen LogP contribution in [0, 0.1) is 0 Å². The van der Waals surface area contributed by atoms with Crippen molar-refractivity contribution in [1.29, 1.82) is 0 Å². The predicted octanol–water partition coefficient (Wildman–Crippen LogP) is 11.0. The van der Waals surface area contributed by atoms with Gasteiger partial charge in [0.1, 0.15) is 0 Å². The van der Waals surface area contributed by atoms with Crippen LogP contribution in [-0.4, -0.2) is 24.9 Å². The van der Waals surface area contributed by atoms with Gasteiger partial charge in [-0.05, 0) is 18.2 Å². The summed E-state index contributed by atoms with van der Waals surface area (Å²) in [5.74, 6) is 2.63. The minimum atomic E-state index is 0.638. The molecule has 3 aromatic heterocycles. The summed E-state index contributed by atoms with van der Waals surface area (Å²) in [5.41, 5.74) is 7.72. The summed E-state index contributed by atoms with van der Waals surface area (Å²) in [5, 5.41) is 2.29. The molecule has 0 spiro atoms. The number of benzene rings is 6. The van der Waals surface area contributed by atoms with Crippen molar-refractivity contribution in [1.82, 2.24) is 24.9 Å². The Hall–Kier alpha value is -6.37. The molecule has 230 valence electrons. The third-order valence-electron chi connectivity index (χ3n) is 8.56. The SMILES string of the molecule is c1ccc(-c2cc(-c3ccccc3)nc(-c3cccc4sc5cc(-c6nc(-c7ccccc7)nc(-c7ccccc7)n6)ccc5c34)n2)cc1. The molecule has 0 aliphatic heterocycles. The molecule has 0 fully saturated rings. The number of rotatable bonds is 6. The Balaban J connectivity index is 1.20. The standard InChI is InChI=1S/C43H27N5S/c1-5-14-28(15-6-1)35-27-36(29-16-7-2-8-17-29)45-43(44-35)34-22-13-23-37-39(34)33-25-24-32(26-38(33)49-37)42-47-40(30-18-9-3-10-19-30)46-41(48-42)31-20-11-4-12-21-31/h1-27H. The Bertz CT molecular complexity index is 2470. The van der Waals surface area contributed by atoms with Crippen molar-refractivity contribution in [3.8, 4) is 68.1 Å². The summed E-state index contributed by atoms with van der Waals surface area (Å²) < 4.78 is 2.32. The van der Waals surface area contributed by atoms with Crippen LogP contribution in [0.5, 0.6) is 0 Å². The van der Waals surface area contributed by atoms with Crippen molar-refractivity contribution in [2.45, 2.75) is 0 Å². The summed E-state index contributed by atoms with van der Waals surface area (Å²) in [7, 11) is 0. The minimum Gasteiger partial charge on any atom is -0.228 e. The first-order valence-electron chi connectivity index (χ1n) is 16.1. The second kappa shape index (κ2) is 12.3. The van der Waals surface area contributed by atoms with Gasteiger partial charge in [-0.3, -0.25) is 0 Å². The van der Waals surface area contributed by atoms with Crippen LogP contribution < -0.4 is 0 Å². The fourth-order valence-corrected chi connectivity index (χ4v) is 7.34. The third-order valence-corrected chi connectivity index (χ3v) is 9.68. The smallest absolute Gasteiger partial charge is 0.164 e. The van der Waals surface area contributed by atoms with Gasteiger partial charge >= 0.3 is 0 Å². The van der Waals surface area contributed by atoms with E-state index in [0.29, 0.717) is 23.3 Å². The second-order valence-electron chi connectivity index (χ2n) is 11.7. The lowest BCUT2D eigenvalue weighted by atomic mass is 10.0. The van der Waals surface area contributed by atoms with Gasteiger partial charge in [0.15, 0.2) is 23.3 Å². The first-order valence-corrected chi connectivity index (χ1v) is 16.9. The van der Waals surface area contributed by atoms with Crippen molar-refractivity contribution in [3.05, 3.63) is 164 Å². The van der Waals surface area contributed by atoms with Gasteiger partial charge in [-0.2, -0.15) is 0 Å². The molecule has 0 atom stereocenters. The van der Waals surface area contributed by atoms with E-state index in [1.807, 2.05) is 97.1 Å². The monoisotopic (exact) mass is 645 g/mol. The van der Waals surface area contributed by atoms with E-state index in [9.17, 15) is 0 Å². The molecule has 0 saturated heterocycles. The molecule has 0 unspecified atom stereocenters. The fraction of sp³-hybridized carbons (Fsp3) is 0. The van der Waals surface area contributed by atoms with Crippen LogP contribution >= 0.6 is 11.3 Å². The molecule has 0 amide bonds. The highest BCUT2D eigenvalue weighted by molar-refractivity contribution is 7.26. The molecule has 6 aromatic carbocycles. The predicted molar refractivity (Wildman–Crippen MR) is 201 cm³/mol. The minimum absolute atomic E-state index is 0.638. The van der Waals surface area contributed by atoms with Crippen LogP contribution in [0.15, 0.2) is 164 Å². The van der Waals surface area contributed by atoms with Gasteiger partial charge in [-0.1, -0.05) is 146 Å². The van der Waals surface area contributed by atoms with Crippen LogP contribution in [0.2, 0.25) is 0 Å². The average molecular weight is 646 g/mol. The molecule has 0 saturated carbocycles. The van der Waals surface area contributed by atoms with Gasteiger partial charge in [0.25, 0.3) is 0 Å². The van der Waals surface area contributed by atoms with Gasteiger partial charge in [0, 0.05) is 53.6 Å². The summed E-state index contributed by atoms with van der Waals surface area (Å²) in [6.45, 7) is 0. The molecule has 9 rings (SSSR count). The lowest BCUT2D eigenvalue weighted by Gasteiger charge is -2.10. The molecule has 0 bridgehead atoms. The van der Waals surface area contributed by atoms with Crippen molar-refractivity contribution >= 4 is 31.5 Å². The van der Waals surface area contributed by atoms with Crippen molar-refractivity contribution < 1.29 is 0 Å². The molecule has 0 aliphatic carbocycles. The topological polar surface area (TPSA) is 64.5 Å². The summed E-state index contributed by atoms with van der Waals surface area (Å²) in [6.07, 6.45) is 0. The van der Waals surface area contributed by atoms with E-state index >= 15 is 0 Å². The first kappa shape index (κ1) is 28.8. The average Bonchev–Trinajstić information content (AvgIpc) is 3.57. The van der Waals surface area contributed by atoms with Crippen molar-refractivity contribution in [2.75, 3.05) is 0 Å². The molecular formula is C43H27N5S. The Morgan fingerprint density at radius 2 is 0.816 bits per heavy atom. The van der Waals surface area contributed by atoms with E-state index in [-0.39, 0.29) is 0 Å². The molecule has 9 aromatic rings. The Morgan fingerprint density at radius 1 is 0.327 bits per heavy atom. The number of thiophene rings is 1. The van der Waals surface area contributed by atoms with E-state index in [1.165, 1.54) is 4.70 Å². The zero-order valence-corrected chi connectivity index (χ0v) is 27.0. The quantitative estimate of drug-likeness (QED) is 0.180. The van der Waals surface area contributed by atoms with Crippen LogP contribution in [0.3, 0.4) is 0 Å². The molecule has 0 aliphatic rings. The Morgan fingerprint density at radius 3 is 1.35 bits per heavy atom. The number of nitrogens with zero attached hydrogens (tertiary/aromatic N) is 5. The molecule has 5 nitrogen and oxygen atoms in total. The van der Waals surface area contributed by atoms with E-state index in [4.69, 9.17) is 24.9 Å². The van der Waals surface area contributed by atoms with Crippen LogP contribution in [-0.2, 0) is 0 Å². The number of fused-ring (bicyclic) bond motifs is 3. The van der Waals surface area contributed by atoms with Crippen LogP contribution in [0.25, 0.3) is 88.2 Å². The summed E-state index contributed by atoms with van der Waals surface area (Å²) in [6, 6.07) is 55.7. The number of hydrogen-bond acceptors (Lipinski definition) is 6. The summed E-state index contributed by atoms with van der Waals surface area (Å²) >= 11 is 1.75. The van der Waals surface area contributed by atoms with Crippen LogP contribution in [0.4, 0.5) is 0 Å². The molecule has 49 heavy (non-hydrogen) atoms. The first-order chi connectivity index (χ1) is 24.3. The molecule has 0 N–H and O–H groups in total. The maximum Gasteiger partial charge on any atom is 0.164 e. The molecule has 0 radical (unpaired) electrons. The van der Waals surface area contributed by atoms with Gasteiger partial charge in [0.2, 0.25) is 0 Å². The van der Waals surface area contributed by atoms with E-state index in [2.05, 4.69) is 66.7 Å². The molecule has 3 heterocycles. The largest absolute Gasteiger partial charge is 0.228 e. The maximum atomic E-state index is 5.14. The molecule has 6 heteroatoms. The normalized spacial score (nSPS) is 11.3. The third kappa shape index (κ3) is 5.54. The van der Waals surface area contributed by atoms with E-state index in [0.717, 1.165) is 60.2 Å². The Kier molecular flexibility index (Phi) is 7.26.